The third-order valence-electron chi connectivity index (χ3n) is 3.25. The molecular formula is C12H21N3O. The molecule has 1 aliphatic heterocycles. The van der Waals surface area contributed by atoms with E-state index in [0.29, 0.717) is 6.04 Å². The van der Waals surface area contributed by atoms with E-state index in [-0.39, 0.29) is 0 Å². The lowest BCUT2D eigenvalue weighted by atomic mass is 10.1. The van der Waals surface area contributed by atoms with Gasteiger partial charge >= 0.3 is 0 Å². The van der Waals surface area contributed by atoms with Crippen molar-refractivity contribution in [2.24, 2.45) is 0 Å². The van der Waals surface area contributed by atoms with Gasteiger partial charge in [-0.15, -0.1) is 0 Å². The molecule has 1 atom stereocenters. The van der Waals surface area contributed by atoms with Crippen LogP contribution in [0.1, 0.15) is 30.7 Å². The molecule has 0 radical (unpaired) electrons. The smallest absolute Gasteiger partial charge is 0.150 e. The van der Waals surface area contributed by atoms with Crippen LogP contribution >= 0.6 is 0 Å². The molecule has 16 heavy (non-hydrogen) atoms. The van der Waals surface area contributed by atoms with Crippen molar-refractivity contribution in [1.29, 1.82) is 0 Å². The minimum atomic E-state index is 0.667. The Morgan fingerprint density at radius 1 is 1.50 bits per heavy atom. The van der Waals surface area contributed by atoms with Gasteiger partial charge in [-0.3, -0.25) is 4.90 Å². The molecule has 2 rings (SSSR count). The van der Waals surface area contributed by atoms with Crippen LogP contribution in [0.15, 0.2) is 10.6 Å². The SMILES string of the molecule is Cc1cc(CN(C)C2CCCNCC2)on1. The molecule has 1 aliphatic rings. The van der Waals surface area contributed by atoms with Gasteiger partial charge in [0.15, 0.2) is 5.76 Å². The van der Waals surface area contributed by atoms with Crippen LogP contribution in [-0.4, -0.2) is 36.2 Å². The Balaban J connectivity index is 1.88. The van der Waals surface area contributed by atoms with Crippen molar-refractivity contribution in [3.63, 3.8) is 0 Å². The Bertz CT molecular complexity index is 316. The summed E-state index contributed by atoms with van der Waals surface area (Å²) in [6.07, 6.45) is 3.77. The zero-order valence-corrected chi connectivity index (χ0v) is 10.2. The molecule has 4 nitrogen and oxygen atoms in total. The summed E-state index contributed by atoms with van der Waals surface area (Å²) in [5.74, 6) is 0.970. The molecule has 1 unspecified atom stereocenters. The van der Waals surface area contributed by atoms with Crippen molar-refractivity contribution in [1.82, 2.24) is 15.4 Å². The van der Waals surface area contributed by atoms with Crippen LogP contribution in [0, 0.1) is 6.92 Å². The first-order chi connectivity index (χ1) is 7.75. The second-order valence-corrected chi connectivity index (χ2v) is 4.68. The molecule has 0 bridgehead atoms. The number of hydrogen-bond donors (Lipinski definition) is 1. The maximum absolute atomic E-state index is 5.25. The Hall–Kier alpha value is -0.870. The Morgan fingerprint density at radius 2 is 2.38 bits per heavy atom. The molecule has 4 heteroatoms. The average Bonchev–Trinajstić information content (AvgIpc) is 2.56. The maximum Gasteiger partial charge on any atom is 0.150 e. The molecule has 1 N–H and O–H groups in total. The number of nitrogens with zero attached hydrogens (tertiary/aromatic N) is 2. The van der Waals surface area contributed by atoms with Crippen LogP contribution in [0.25, 0.3) is 0 Å². The van der Waals surface area contributed by atoms with Gasteiger partial charge < -0.3 is 9.84 Å². The Kier molecular flexibility index (Phi) is 3.96. The summed E-state index contributed by atoms with van der Waals surface area (Å²) in [5, 5.41) is 7.36. The molecule has 0 amide bonds. The van der Waals surface area contributed by atoms with E-state index < -0.39 is 0 Å². The van der Waals surface area contributed by atoms with Crippen LogP contribution in [-0.2, 0) is 6.54 Å². The molecule has 0 saturated carbocycles. The van der Waals surface area contributed by atoms with Gasteiger partial charge in [0.2, 0.25) is 0 Å². The molecule has 2 heterocycles. The van der Waals surface area contributed by atoms with Gasteiger partial charge in [-0.25, -0.2) is 0 Å². The van der Waals surface area contributed by atoms with Crippen molar-refractivity contribution >= 4 is 0 Å². The summed E-state index contributed by atoms with van der Waals surface area (Å²) < 4.78 is 5.25. The zero-order valence-electron chi connectivity index (χ0n) is 10.2. The van der Waals surface area contributed by atoms with Crippen molar-refractivity contribution in [2.45, 2.75) is 38.8 Å². The molecule has 0 aliphatic carbocycles. The minimum Gasteiger partial charge on any atom is -0.360 e. The Labute approximate surface area is 97.0 Å². The van der Waals surface area contributed by atoms with E-state index in [2.05, 4.69) is 22.4 Å². The third-order valence-corrected chi connectivity index (χ3v) is 3.25. The van der Waals surface area contributed by atoms with Gasteiger partial charge in [-0.1, -0.05) is 5.16 Å². The largest absolute Gasteiger partial charge is 0.360 e. The topological polar surface area (TPSA) is 41.3 Å². The quantitative estimate of drug-likeness (QED) is 0.844. The first-order valence-corrected chi connectivity index (χ1v) is 6.09. The lowest BCUT2D eigenvalue weighted by molar-refractivity contribution is 0.193. The van der Waals surface area contributed by atoms with Crippen molar-refractivity contribution in [2.75, 3.05) is 20.1 Å². The first kappa shape index (κ1) is 11.6. The highest BCUT2D eigenvalue weighted by molar-refractivity contribution is 5.02. The average molecular weight is 223 g/mol. The fourth-order valence-corrected chi connectivity index (χ4v) is 2.31. The second-order valence-electron chi connectivity index (χ2n) is 4.68. The molecular weight excluding hydrogens is 202 g/mol. The van der Waals surface area contributed by atoms with Crippen LogP contribution in [0.5, 0.6) is 0 Å². The maximum atomic E-state index is 5.25. The molecule has 1 aromatic rings. The van der Waals surface area contributed by atoms with Crippen LogP contribution in [0.2, 0.25) is 0 Å². The number of aromatic nitrogens is 1. The summed E-state index contributed by atoms with van der Waals surface area (Å²) in [4.78, 5) is 2.38. The number of nitrogens with one attached hydrogen (secondary N) is 1. The Morgan fingerprint density at radius 3 is 3.12 bits per heavy atom. The van der Waals surface area contributed by atoms with E-state index in [1.165, 1.54) is 19.3 Å². The van der Waals surface area contributed by atoms with Gasteiger partial charge in [-0.2, -0.15) is 0 Å². The predicted molar refractivity (Wildman–Crippen MR) is 63.2 cm³/mol. The van der Waals surface area contributed by atoms with Gasteiger partial charge in [0.05, 0.1) is 12.2 Å². The standard InChI is InChI=1S/C12H21N3O/c1-10-8-12(16-14-10)9-15(2)11-4-3-6-13-7-5-11/h8,11,13H,3-7,9H2,1-2H3. The van der Waals surface area contributed by atoms with E-state index in [4.69, 9.17) is 4.52 Å². The molecule has 0 spiro atoms. The number of rotatable bonds is 3. The van der Waals surface area contributed by atoms with Crippen LogP contribution < -0.4 is 5.32 Å². The summed E-state index contributed by atoms with van der Waals surface area (Å²) in [6, 6.07) is 2.69. The first-order valence-electron chi connectivity index (χ1n) is 6.09. The third kappa shape index (κ3) is 3.06. The van der Waals surface area contributed by atoms with E-state index in [9.17, 15) is 0 Å². The van der Waals surface area contributed by atoms with Gasteiger partial charge in [0.1, 0.15) is 0 Å². The van der Waals surface area contributed by atoms with Crippen LogP contribution in [0.3, 0.4) is 0 Å². The highest BCUT2D eigenvalue weighted by Crippen LogP contribution is 2.15. The van der Waals surface area contributed by atoms with E-state index in [0.717, 1.165) is 31.1 Å². The zero-order chi connectivity index (χ0) is 11.4. The molecule has 1 fully saturated rings. The van der Waals surface area contributed by atoms with Gasteiger partial charge in [0, 0.05) is 12.1 Å². The van der Waals surface area contributed by atoms with Crippen molar-refractivity contribution < 1.29 is 4.52 Å². The molecule has 90 valence electrons. The van der Waals surface area contributed by atoms with E-state index in [1.54, 1.807) is 0 Å². The highest BCUT2D eigenvalue weighted by atomic mass is 16.5. The summed E-state index contributed by atoms with van der Waals surface area (Å²) in [6.45, 7) is 5.12. The minimum absolute atomic E-state index is 0.667. The summed E-state index contributed by atoms with van der Waals surface area (Å²) in [7, 11) is 2.17. The molecule has 1 aromatic heterocycles. The fraction of sp³-hybridized carbons (Fsp3) is 0.750. The lowest BCUT2D eigenvalue weighted by Crippen LogP contribution is -2.31. The molecule has 0 aromatic carbocycles. The van der Waals surface area contributed by atoms with E-state index >= 15 is 0 Å². The predicted octanol–water partition coefficient (Wildman–Crippen LogP) is 1.56. The fourth-order valence-electron chi connectivity index (χ4n) is 2.31. The van der Waals surface area contributed by atoms with E-state index in [1.807, 2.05) is 13.0 Å². The van der Waals surface area contributed by atoms with Crippen molar-refractivity contribution in [3.8, 4) is 0 Å². The summed E-state index contributed by atoms with van der Waals surface area (Å²) >= 11 is 0. The summed E-state index contributed by atoms with van der Waals surface area (Å²) in [5.41, 5.74) is 0.964. The highest BCUT2D eigenvalue weighted by Gasteiger charge is 2.17. The lowest BCUT2D eigenvalue weighted by Gasteiger charge is -2.25. The van der Waals surface area contributed by atoms with Gasteiger partial charge in [-0.05, 0) is 46.3 Å². The van der Waals surface area contributed by atoms with Crippen LogP contribution in [0.4, 0.5) is 0 Å². The van der Waals surface area contributed by atoms with Crippen molar-refractivity contribution in [3.05, 3.63) is 17.5 Å². The number of aryl methyl sites for hydroxylation is 1. The second kappa shape index (κ2) is 5.46. The normalized spacial score (nSPS) is 22.3. The number of hydrogen-bond acceptors (Lipinski definition) is 4. The monoisotopic (exact) mass is 223 g/mol. The molecule has 1 saturated heterocycles. The van der Waals surface area contributed by atoms with Gasteiger partial charge in [0.25, 0.3) is 0 Å².